The number of ether oxygens (including phenoxy) is 2. The van der Waals surface area contributed by atoms with Crippen molar-refractivity contribution in [1.29, 1.82) is 0 Å². The van der Waals surface area contributed by atoms with Gasteiger partial charge in [0.05, 0.1) is 13.7 Å². The van der Waals surface area contributed by atoms with Gasteiger partial charge in [-0.05, 0) is 31.2 Å². The van der Waals surface area contributed by atoms with E-state index in [2.05, 4.69) is 0 Å². The summed E-state index contributed by atoms with van der Waals surface area (Å²) < 4.78 is 23.5. The smallest absolute Gasteiger partial charge is 0.254 e. The highest BCUT2D eigenvalue weighted by molar-refractivity contribution is 5.94. The molecule has 0 spiro atoms. The Morgan fingerprint density at radius 3 is 2.65 bits per heavy atom. The number of carbonyl (C=O) groups excluding carboxylic acids is 1. The Morgan fingerprint density at radius 2 is 2.10 bits per heavy atom. The molecule has 1 aromatic carbocycles. The molecule has 1 amide bonds. The fraction of sp³-hybridized carbons (Fsp3) is 0.500. The number of amides is 1. The van der Waals surface area contributed by atoms with Gasteiger partial charge >= 0.3 is 0 Å². The first kappa shape index (κ1) is 16.4. The van der Waals surface area contributed by atoms with Crippen LogP contribution in [-0.2, 0) is 4.74 Å². The van der Waals surface area contributed by atoms with Gasteiger partial charge < -0.3 is 20.1 Å². The molecule has 0 saturated heterocycles. The average molecular weight is 284 g/mol. The Balaban J connectivity index is 2.84. The molecule has 1 aromatic rings. The minimum Gasteiger partial charge on any atom is -0.494 e. The summed E-state index contributed by atoms with van der Waals surface area (Å²) in [5.41, 5.74) is 5.75. The zero-order valence-corrected chi connectivity index (χ0v) is 11.9. The molecule has 1 rings (SSSR count). The number of nitrogens with two attached hydrogens (primary N) is 1. The molecule has 0 radical (unpaired) electrons. The second kappa shape index (κ2) is 8.50. The molecule has 5 nitrogen and oxygen atoms in total. The highest BCUT2D eigenvalue weighted by Crippen LogP contribution is 2.18. The summed E-state index contributed by atoms with van der Waals surface area (Å²) in [6, 6.07) is 4.18. The Labute approximate surface area is 118 Å². The lowest BCUT2D eigenvalue weighted by atomic mass is 10.1. The van der Waals surface area contributed by atoms with Gasteiger partial charge in [-0.2, -0.15) is 0 Å². The van der Waals surface area contributed by atoms with Gasteiger partial charge in [0.1, 0.15) is 0 Å². The van der Waals surface area contributed by atoms with Crippen LogP contribution >= 0.6 is 0 Å². The molecule has 0 aliphatic carbocycles. The molecular weight excluding hydrogens is 263 g/mol. The van der Waals surface area contributed by atoms with Crippen LogP contribution in [0.4, 0.5) is 4.39 Å². The summed E-state index contributed by atoms with van der Waals surface area (Å²) in [6.45, 7) is 1.89. The Hall–Kier alpha value is -1.66. The van der Waals surface area contributed by atoms with E-state index in [4.69, 9.17) is 15.2 Å². The van der Waals surface area contributed by atoms with Crippen LogP contribution in [0, 0.1) is 5.82 Å². The van der Waals surface area contributed by atoms with Gasteiger partial charge in [-0.1, -0.05) is 0 Å². The number of nitrogens with zero attached hydrogens (tertiary/aromatic N) is 1. The third-order valence-electron chi connectivity index (χ3n) is 2.88. The highest BCUT2D eigenvalue weighted by Gasteiger charge is 2.17. The molecule has 0 fully saturated rings. The first-order valence-corrected chi connectivity index (χ1v) is 6.45. The number of methoxy groups -OCH3 is 2. The largest absolute Gasteiger partial charge is 0.494 e. The maximum atomic E-state index is 13.6. The predicted octanol–water partition coefficient (Wildman–Crippen LogP) is 1.27. The van der Waals surface area contributed by atoms with Crippen LogP contribution in [0.2, 0.25) is 0 Å². The van der Waals surface area contributed by atoms with Gasteiger partial charge in [0.25, 0.3) is 5.91 Å². The average Bonchev–Trinajstić information content (AvgIpc) is 2.46. The Bertz CT molecular complexity index is 432. The summed E-state index contributed by atoms with van der Waals surface area (Å²) in [7, 11) is 2.95. The van der Waals surface area contributed by atoms with Crippen LogP contribution in [0.5, 0.6) is 5.75 Å². The van der Waals surface area contributed by atoms with Crippen LogP contribution in [0.1, 0.15) is 16.8 Å². The van der Waals surface area contributed by atoms with E-state index in [0.29, 0.717) is 32.7 Å². The molecular formula is C14H21FN2O3. The zero-order chi connectivity index (χ0) is 15.0. The third kappa shape index (κ3) is 4.47. The van der Waals surface area contributed by atoms with Crippen molar-refractivity contribution < 1.29 is 18.7 Å². The molecule has 0 aliphatic rings. The summed E-state index contributed by atoms with van der Waals surface area (Å²) in [5.74, 6) is -0.673. The van der Waals surface area contributed by atoms with Crippen molar-refractivity contribution in [1.82, 2.24) is 4.90 Å². The van der Waals surface area contributed by atoms with E-state index in [1.54, 1.807) is 18.1 Å². The SMILES string of the molecule is COCCN(CCCN)C(=O)c1ccc(OC)c(F)c1. The molecule has 112 valence electrons. The number of carbonyl (C=O) groups is 1. The molecule has 0 aliphatic heterocycles. The van der Waals surface area contributed by atoms with Crippen LogP contribution in [0.3, 0.4) is 0 Å². The highest BCUT2D eigenvalue weighted by atomic mass is 19.1. The number of rotatable bonds is 8. The van der Waals surface area contributed by atoms with Crippen LogP contribution in [0.15, 0.2) is 18.2 Å². The molecule has 0 saturated carbocycles. The van der Waals surface area contributed by atoms with Gasteiger partial charge in [0.15, 0.2) is 11.6 Å². The Morgan fingerprint density at radius 1 is 1.35 bits per heavy atom. The lowest BCUT2D eigenvalue weighted by Crippen LogP contribution is -2.35. The van der Waals surface area contributed by atoms with E-state index in [0.717, 1.165) is 0 Å². The van der Waals surface area contributed by atoms with E-state index in [9.17, 15) is 9.18 Å². The lowest BCUT2D eigenvalue weighted by molar-refractivity contribution is 0.0694. The van der Waals surface area contributed by atoms with Crippen LogP contribution in [-0.4, -0.2) is 51.3 Å². The van der Waals surface area contributed by atoms with Gasteiger partial charge in [-0.15, -0.1) is 0 Å². The van der Waals surface area contributed by atoms with E-state index >= 15 is 0 Å². The molecule has 0 aromatic heterocycles. The molecule has 0 atom stereocenters. The second-order valence-corrected chi connectivity index (χ2v) is 4.28. The summed E-state index contributed by atoms with van der Waals surface area (Å²) >= 11 is 0. The maximum Gasteiger partial charge on any atom is 0.254 e. The topological polar surface area (TPSA) is 64.8 Å². The molecule has 20 heavy (non-hydrogen) atoms. The molecule has 0 heterocycles. The van der Waals surface area contributed by atoms with E-state index < -0.39 is 5.82 Å². The molecule has 6 heteroatoms. The quantitative estimate of drug-likeness (QED) is 0.781. The van der Waals surface area contributed by atoms with E-state index in [-0.39, 0.29) is 17.2 Å². The number of halogens is 1. The zero-order valence-electron chi connectivity index (χ0n) is 11.9. The van der Waals surface area contributed by atoms with Crippen molar-refractivity contribution in [3.63, 3.8) is 0 Å². The predicted molar refractivity (Wildman–Crippen MR) is 74.4 cm³/mol. The normalized spacial score (nSPS) is 10.4. The monoisotopic (exact) mass is 284 g/mol. The lowest BCUT2D eigenvalue weighted by Gasteiger charge is -2.22. The molecule has 0 bridgehead atoms. The molecule has 2 N–H and O–H groups in total. The maximum absolute atomic E-state index is 13.6. The minimum atomic E-state index is -0.552. The van der Waals surface area contributed by atoms with Gasteiger partial charge in [-0.3, -0.25) is 4.79 Å². The fourth-order valence-corrected chi connectivity index (χ4v) is 1.78. The Kier molecular flexibility index (Phi) is 6.97. The van der Waals surface area contributed by atoms with Crippen molar-refractivity contribution >= 4 is 5.91 Å². The first-order valence-electron chi connectivity index (χ1n) is 6.45. The van der Waals surface area contributed by atoms with Gasteiger partial charge in [0, 0.05) is 25.8 Å². The summed E-state index contributed by atoms with van der Waals surface area (Å²) in [6.07, 6.45) is 0.689. The van der Waals surface area contributed by atoms with Crippen molar-refractivity contribution in [2.24, 2.45) is 5.73 Å². The van der Waals surface area contributed by atoms with Crippen molar-refractivity contribution in [2.75, 3.05) is 40.5 Å². The number of hydrogen-bond acceptors (Lipinski definition) is 4. The summed E-state index contributed by atoms with van der Waals surface area (Å²) in [5, 5.41) is 0. The fourth-order valence-electron chi connectivity index (χ4n) is 1.78. The van der Waals surface area contributed by atoms with Gasteiger partial charge in [-0.25, -0.2) is 4.39 Å². The van der Waals surface area contributed by atoms with E-state index in [1.165, 1.54) is 19.2 Å². The minimum absolute atomic E-state index is 0.118. The van der Waals surface area contributed by atoms with Crippen molar-refractivity contribution in [3.05, 3.63) is 29.6 Å². The summed E-state index contributed by atoms with van der Waals surface area (Å²) in [4.78, 5) is 13.9. The van der Waals surface area contributed by atoms with Crippen LogP contribution < -0.4 is 10.5 Å². The standard InChI is InChI=1S/C14H21FN2O3/c1-19-9-8-17(7-3-6-16)14(18)11-4-5-13(20-2)12(15)10-11/h4-5,10H,3,6-9,16H2,1-2H3. The second-order valence-electron chi connectivity index (χ2n) is 4.28. The van der Waals surface area contributed by atoms with Crippen LogP contribution in [0.25, 0.3) is 0 Å². The molecule has 0 unspecified atom stereocenters. The van der Waals surface area contributed by atoms with Crippen molar-refractivity contribution in [2.45, 2.75) is 6.42 Å². The number of benzene rings is 1. The number of hydrogen-bond donors (Lipinski definition) is 1. The van der Waals surface area contributed by atoms with E-state index in [1.807, 2.05) is 0 Å². The van der Waals surface area contributed by atoms with Crippen molar-refractivity contribution in [3.8, 4) is 5.75 Å². The van der Waals surface area contributed by atoms with Gasteiger partial charge in [0.2, 0.25) is 0 Å². The third-order valence-corrected chi connectivity index (χ3v) is 2.88. The first-order chi connectivity index (χ1) is 9.63.